The molecule has 0 aliphatic heterocycles. The van der Waals surface area contributed by atoms with Crippen molar-refractivity contribution >= 4 is 23.7 Å². The van der Waals surface area contributed by atoms with Crippen LogP contribution in [0.15, 0.2) is 36.4 Å². The van der Waals surface area contributed by atoms with Crippen molar-refractivity contribution in [3.63, 3.8) is 0 Å². The number of hydrogen-bond donors (Lipinski definition) is 2. The number of allylic oxidation sites excluding steroid dienone is 1. The quantitative estimate of drug-likeness (QED) is 0.445. The molecule has 1 aromatic rings. The number of aldehydes is 1. The van der Waals surface area contributed by atoms with Gasteiger partial charge in [0, 0.05) is 0 Å². The molecule has 1 aromatic carbocycles. The van der Waals surface area contributed by atoms with E-state index in [1.54, 1.807) is 6.08 Å². The predicted molar refractivity (Wildman–Crippen MR) is 54.9 cm³/mol. The molecule has 0 spiro atoms. The summed E-state index contributed by atoms with van der Waals surface area (Å²) in [4.78, 5) is 9.89. The van der Waals surface area contributed by atoms with Crippen molar-refractivity contribution < 1.29 is 18.1 Å². The Labute approximate surface area is 84.4 Å². The first kappa shape index (κ1) is 12.7. The van der Waals surface area contributed by atoms with Crippen LogP contribution in [0, 0.1) is 0 Å². The van der Waals surface area contributed by atoms with Crippen molar-refractivity contribution in [1.82, 2.24) is 0 Å². The lowest BCUT2D eigenvalue weighted by Crippen LogP contribution is -1.74. The van der Waals surface area contributed by atoms with Gasteiger partial charge in [0.1, 0.15) is 6.29 Å². The molecule has 14 heavy (non-hydrogen) atoms. The standard InChI is InChI=1S/C9H8O.H2O3S/c10-8-4-7-9-5-2-1-3-6-9;1-4(2)3/h1-8H;(H2,1,2,3). The summed E-state index contributed by atoms with van der Waals surface area (Å²) in [6.07, 6.45) is 4.02. The topological polar surface area (TPSA) is 74.6 Å². The summed E-state index contributed by atoms with van der Waals surface area (Å²) in [6.45, 7) is 0. The molecular weight excluding hydrogens is 204 g/mol. The Hall–Kier alpha value is -1.30. The SMILES string of the molecule is O=CC=Cc1ccccc1.O=S(O)O. The van der Waals surface area contributed by atoms with Gasteiger partial charge in [0.2, 0.25) is 0 Å². The molecular formula is C9H10O4S. The van der Waals surface area contributed by atoms with Crippen molar-refractivity contribution in [3.05, 3.63) is 42.0 Å². The molecule has 0 heterocycles. The van der Waals surface area contributed by atoms with Gasteiger partial charge in [0.05, 0.1) is 0 Å². The summed E-state index contributed by atoms with van der Waals surface area (Å²) in [7, 11) is 0. The van der Waals surface area contributed by atoms with Crippen molar-refractivity contribution in [2.45, 2.75) is 0 Å². The van der Waals surface area contributed by atoms with Gasteiger partial charge in [-0.15, -0.1) is 0 Å². The van der Waals surface area contributed by atoms with E-state index in [4.69, 9.17) is 13.3 Å². The van der Waals surface area contributed by atoms with Crippen molar-refractivity contribution in [1.29, 1.82) is 0 Å². The Morgan fingerprint density at radius 2 is 1.64 bits per heavy atom. The number of carbonyl (C=O) groups is 1. The van der Waals surface area contributed by atoms with Crippen LogP contribution in [0.1, 0.15) is 5.56 Å². The molecule has 0 fully saturated rings. The molecule has 1 rings (SSSR count). The zero-order chi connectivity index (χ0) is 10.8. The van der Waals surface area contributed by atoms with E-state index >= 15 is 0 Å². The van der Waals surface area contributed by atoms with Crippen molar-refractivity contribution in [2.75, 3.05) is 0 Å². The van der Waals surface area contributed by atoms with Gasteiger partial charge in [0.25, 0.3) is 11.4 Å². The molecule has 4 nitrogen and oxygen atoms in total. The molecule has 0 saturated heterocycles. The second-order valence-electron chi connectivity index (χ2n) is 2.14. The zero-order valence-corrected chi connectivity index (χ0v) is 8.05. The van der Waals surface area contributed by atoms with E-state index in [-0.39, 0.29) is 0 Å². The summed E-state index contributed by atoms with van der Waals surface area (Å²) < 4.78 is 22.8. The van der Waals surface area contributed by atoms with Gasteiger partial charge in [-0.3, -0.25) is 13.9 Å². The Bertz CT molecular complexity index is 304. The molecule has 0 atom stereocenters. The van der Waals surface area contributed by atoms with E-state index in [1.165, 1.54) is 6.08 Å². The van der Waals surface area contributed by atoms with E-state index in [1.807, 2.05) is 30.3 Å². The summed E-state index contributed by atoms with van der Waals surface area (Å²) in [6, 6.07) is 9.70. The molecule has 0 aromatic heterocycles. The zero-order valence-electron chi connectivity index (χ0n) is 7.24. The predicted octanol–water partition coefficient (Wildman–Crippen LogP) is 1.58. The second-order valence-corrected chi connectivity index (χ2v) is 2.60. The molecule has 0 aliphatic rings. The Kier molecular flexibility index (Phi) is 7.53. The van der Waals surface area contributed by atoms with Crippen LogP contribution < -0.4 is 0 Å². The lowest BCUT2D eigenvalue weighted by Gasteiger charge is -1.86. The summed E-state index contributed by atoms with van der Waals surface area (Å²) >= 11 is -2.61. The van der Waals surface area contributed by atoms with Gasteiger partial charge < -0.3 is 0 Å². The average Bonchev–Trinajstić information content (AvgIpc) is 2.15. The number of rotatable bonds is 2. The highest BCUT2D eigenvalue weighted by Gasteiger charge is 1.79. The molecule has 0 bridgehead atoms. The van der Waals surface area contributed by atoms with Gasteiger partial charge in [-0.2, -0.15) is 4.21 Å². The van der Waals surface area contributed by atoms with Gasteiger partial charge in [0.15, 0.2) is 0 Å². The van der Waals surface area contributed by atoms with Crippen LogP contribution in [0.5, 0.6) is 0 Å². The van der Waals surface area contributed by atoms with Crippen LogP contribution in [0.3, 0.4) is 0 Å². The normalized spacial score (nSPS) is 9.64. The highest BCUT2D eigenvalue weighted by Crippen LogP contribution is 1.99. The molecule has 0 amide bonds. The first-order chi connectivity index (χ1) is 6.66. The summed E-state index contributed by atoms with van der Waals surface area (Å²) in [5, 5.41) is 0. The number of carbonyl (C=O) groups excluding carboxylic acids is 1. The Balaban J connectivity index is 0.000000364. The fourth-order valence-electron chi connectivity index (χ4n) is 0.715. The molecule has 0 unspecified atom stereocenters. The molecule has 76 valence electrons. The lowest BCUT2D eigenvalue weighted by atomic mass is 10.2. The molecule has 0 radical (unpaired) electrons. The molecule has 5 heteroatoms. The van der Waals surface area contributed by atoms with E-state index in [2.05, 4.69) is 0 Å². The smallest absolute Gasteiger partial charge is 0.299 e. The maximum absolute atomic E-state index is 9.89. The minimum Gasteiger partial charge on any atom is -0.299 e. The maximum atomic E-state index is 9.89. The molecule has 0 saturated carbocycles. The largest absolute Gasteiger partial charge is 0.299 e. The summed E-state index contributed by atoms with van der Waals surface area (Å²) in [5.74, 6) is 0. The Morgan fingerprint density at radius 3 is 2.07 bits per heavy atom. The minimum atomic E-state index is -2.61. The number of benzene rings is 1. The number of hydrogen-bond acceptors (Lipinski definition) is 2. The van der Waals surface area contributed by atoms with E-state index in [0.29, 0.717) is 0 Å². The fourth-order valence-corrected chi connectivity index (χ4v) is 0.715. The Morgan fingerprint density at radius 1 is 1.14 bits per heavy atom. The molecule has 2 N–H and O–H groups in total. The highest BCUT2D eigenvalue weighted by atomic mass is 32.2. The van der Waals surface area contributed by atoms with Crippen LogP contribution in [0.4, 0.5) is 0 Å². The lowest BCUT2D eigenvalue weighted by molar-refractivity contribution is -0.104. The van der Waals surface area contributed by atoms with E-state index in [9.17, 15) is 4.79 Å². The van der Waals surface area contributed by atoms with Crippen LogP contribution in [0.25, 0.3) is 6.08 Å². The fraction of sp³-hybridized carbons (Fsp3) is 0. The first-order valence-corrected chi connectivity index (χ1v) is 4.70. The monoisotopic (exact) mass is 214 g/mol. The third kappa shape index (κ3) is 8.79. The van der Waals surface area contributed by atoms with Gasteiger partial charge in [-0.05, 0) is 11.6 Å². The van der Waals surface area contributed by atoms with E-state index in [0.717, 1.165) is 11.8 Å². The van der Waals surface area contributed by atoms with Crippen LogP contribution >= 0.6 is 0 Å². The van der Waals surface area contributed by atoms with Crippen LogP contribution in [0.2, 0.25) is 0 Å². The van der Waals surface area contributed by atoms with Crippen molar-refractivity contribution in [3.8, 4) is 0 Å². The van der Waals surface area contributed by atoms with Gasteiger partial charge in [-0.25, -0.2) is 0 Å². The minimum absolute atomic E-state index is 0.771. The van der Waals surface area contributed by atoms with Gasteiger partial charge in [-0.1, -0.05) is 36.4 Å². The second kappa shape index (κ2) is 8.31. The van der Waals surface area contributed by atoms with Gasteiger partial charge >= 0.3 is 0 Å². The van der Waals surface area contributed by atoms with Crippen LogP contribution in [-0.2, 0) is 16.2 Å². The van der Waals surface area contributed by atoms with Crippen LogP contribution in [-0.4, -0.2) is 19.6 Å². The third-order valence-corrected chi connectivity index (χ3v) is 1.17. The van der Waals surface area contributed by atoms with Crippen molar-refractivity contribution in [2.24, 2.45) is 0 Å². The highest BCUT2D eigenvalue weighted by molar-refractivity contribution is 7.73. The summed E-state index contributed by atoms with van der Waals surface area (Å²) in [5.41, 5.74) is 1.05. The molecule has 0 aliphatic carbocycles. The maximum Gasteiger partial charge on any atom is 0.299 e. The average molecular weight is 214 g/mol. The first-order valence-electron chi connectivity index (χ1n) is 3.63. The van der Waals surface area contributed by atoms with E-state index < -0.39 is 11.4 Å². The third-order valence-electron chi connectivity index (χ3n) is 1.17.